The lowest BCUT2D eigenvalue weighted by atomic mass is 10.1. The van der Waals surface area contributed by atoms with E-state index in [0.717, 1.165) is 12.3 Å². The zero-order valence-electron chi connectivity index (χ0n) is 17.1. The highest BCUT2D eigenvalue weighted by molar-refractivity contribution is 7.98. The molecule has 4 rings (SSSR count). The summed E-state index contributed by atoms with van der Waals surface area (Å²) in [6.07, 6.45) is -0.410. The molecule has 1 aromatic carbocycles. The number of aliphatic carboxylic acids is 1. The Morgan fingerprint density at radius 1 is 1.15 bits per heavy atom. The van der Waals surface area contributed by atoms with Crippen LogP contribution in [0.25, 0.3) is 22.2 Å². The van der Waals surface area contributed by atoms with Crippen molar-refractivity contribution in [2.45, 2.75) is 23.5 Å². The van der Waals surface area contributed by atoms with Crippen molar-refractivity contribution in [1.82, 2.24) is 19.5 Å². The highest BCUT2D eigenvalue weighted by Gasteiger charge is 2.32. The number of nitrogens with zero attached hydrogens (tertiary/aromatic N) is 4. The topological polar surface area (TPSA) is 80.9 Å². The van der Waals surface area contributed by atoms with Crippen molar-refractivity contribution in [3.8, 4) is 11.1 Å². The zero-order chi connectivity index (χ0) is 23.8. The molecule has 3 heterocycles. The van der Waals surface area contributed by atoms with E-state index in [0.29, 0.717) is 38.6 Å². The number of fused-ring (bicyclic) bond motifs is 1. The lowest BCUT2D eigenvalue weighted by Crippen LogP contribution is -2.07. The van der Waals surface area contributed by atoms with Gasteiger partial charge in [0, 0.05) is 36.3 Å². The van der Waals surface area contributed by atoms with E-state index >= 15 is 0 Å². The molecule has 0 spiro atoms. The number of thioether (sulfide) groups is 1. The fourth-order valence-corrected chi connectivity index (χ4v) is 4.06. The van der Waals surface area contributed by atoms with Gasteiger partial charge >= 0.3 is 12.1 Å². The Balaban J connectivity index is 1.60. The van der Waals surface area contributed by atoms with Gasteiger partial charge in [-0.05, 0) is 23.3 Å². The van der Waals surface area contributed by atoms with Gasteiger partial charge in [-0.15, -0.1) is 0 Å². The van der Waals surface area contributed by atoms with E-state index in [1.165, 1.54) is 30.0 Å². The molecule has 1 N–H and O–H groups in total. The summed E-state index contributed by atoms with van der Waals surface area (Å²) in [7, 11) is 1.78. The minimum absolute atomic E-state index is 0.0946. The van der Waals surface area contributed by atoms with Crippen molar-refractivity contribution in [3.05, 3.63) is 71.6 Å². The third-order valence-corrected chi connectivity index (χ3v) is 5.82. The number of alkyl halides is 3. The summed E-state index contributed by atoms with van der Waals surface area (Å²) >= 11 is 1.28. The number of rotatable bonds is 6. The quantitative estimate of drug-likeness (QED) is 0.237. The molecule has 6 nitrogen and oxygen atoms in total. The Labute approximate surface area is 189 Å². The van der Waals surface area contributed by atoms with Gasteiger partial charge in [-0.1, -0.05) is 30.0 Å². The minimum atomic E-state index is -4.52. The average Bonchev–Trinajstić information content (AvgIpc) is 3.09. The Kier molecular flexibility index (Phi) is 6.07. The van der Waals surface area contributed by atoms with E-state index < -0.39 is 30.1 Å². The first kappa shape index (κ1) is 22.7. The average molecular weight is 476 g/mol. The Morgan fingerprint density at radius 3 is 2.61 bits per heavy atom. The van der Waals surface area contributed by atoms with E-state index in [-0.39, 0.29) is 5.56 Å². The van der Waals surface area contributed by atoms with Gasteiger partial charge in [-0.25, -0.2) is 14.4 Å². The van der Waals surface area contributed by atoms with Crippen molar-refractivity contribution >= 4 is 28.8 Å². The second-order valence-electron chi connectivity index (χ2n) is 7.25. The Morgan fingerprint density at radius 2 is 1.94 bits per heavy atom. The standard InChI is InChI=1S/C22H16F4N4O2S/c1-30-10-15(13-3-5-18(27-8-13)22(24,25)26)20-17(30)9-28-21(29-20)33-11-12-2-4-16(23)14(6-12)7-19(31)32/h2-6,8-10H,7,11H2,1H3,(H,31,32). The van der Waals surface area contributed by atoms with Crippen LogP contribution < -0.4 is 0 Å². The SMILES string of the molecule is Cn1cc(-c2ccc(C(F)(F)F)nc2)c2nc(SCc3ccc(F)c(CC(=O)O)c3)ncc21. The molecular formula is C22H16F4N4O2S. The monoisotopic (exact) mass is 476 g/mol. The van der Waals surface area contributed by atoms with Crippen LogP contribution in [0.3, 0.4) is 0 Å². The number of hydrogen-bond donors (Lipinski definition) is 1. The first-order valence-corrected chi connectivity index (χ1v) is 10.6. The molecule has 0 saturated carbocycles. The largest absolute Gasteiger partial charge is 0.481 e. The predicted molar refractivity (Wildman–Crippen MR) is 114 cm³/mol. The van der Waals surface area contributed by atoms with Crippen molar-refractivity contribution in [2.24, 2.45) is 7.05 Å². The molecule has 0 radical (unpaired) electrons. The summed E-state index contributed by atoms with van der Waals surface area (Å²) in [6.45, 7) is 0. The number of carboxylic acids is 1. The van der Waals surface area contributed by atoms with Gasteiger partial charge in [0.25, 0.3) is 0 Å². The Hall–Kier alpha value is -3.47. The predicted octanol–water partition coefficient (Wildman–Crippen LogP) is 5.11. The number of carbonyl (C=O) groups is 1. The fraction of sp³-hybridized carbons (Fsp3) is 0.182. The summed E-state index contributed by atoms with van der Waals surface area (Å²) in [6, 6.07) is 6.56. The first-order valence-electron chi connectivity index (χ1n) is 9.59. The highest BCUT2D eigenvalue weighted by Crippen LogP contribution is 2.33. The van der Waals surface area contributed by atoms with Crippen molar-refractivity contribution in [1.29, 1.82) is 0 Å². The maximum absolute atomic E-state index is 13.8. The molecule has 33 heavy (non-hydrogen) atoms. The summed E-state index contributed by atoms with van der Waals surface area (Å²) in [5.41, 5.74) is 2.18. The number of halogens is 4. The zero-order valence-corrected chi connectivity index (χ0v) is 17.9. The number of pyridine rings is 1. The van der Waals surface area contributed by atoms with Crippen LogP contribution in [-0.4, -0.2) is 30.6 Å². The summed E-state index contributed by atoms with van der Waals surface area (Å²) < 4.78 is 54.1. The van der Waals surface area contributed by atoms with Crippen LogP contribution in [0.2, 0.25) is 0 Å². The molecule has 0 atom stereocenters. The molecule has 0 bridgehead atoms. The van der Waals surface area contributed by atoms with Crippen LogP contribution in [-0.2, 0) is 30.2 Å². The van der Waals surface area contributed by atoms with Gasteiger partial charge in [0.2, 0.25) is 0 Å². The molecule has 11 heteroatoms. The molecule has 0 unspecified atom stereocenters. The molecule has 0 fully saturated rings. The van der Waals surface area contributed by atoms with Crippen LogP contribution in [0.5, 0.6) is 0 Å². The Bertz CT molecular complexity index is 1340. The van der Waals surface area contributed by atoms with Crippen molar-refractivity contribution < 1.29 is 27.5 Å². The van der Waals surface area contributed by atoms with E-state index in [2.05, 4.69) is 15.0 Å². The number of carboxylic acid groups (broad SMARTS) is 1. The second-order valence-corrected chi connectivity index (χ2v) is 8.20. The van der Waals surface area contributed by atoms with Crippen LogP contribution in [0, 0.1) is 5.82 Å². The van der Waals surface area contributed by atoms with Gasteiger partial charge in [-0.2, -0.15) is 13.2 Å². The lowest BCUT2D eigenvalue weighted by molar-refractivity contribution is -0.141. The third kappa shape index (κ3) is 4.98. The smallest absolute Gasteiger partial charge is 0.433 e. The maximum Gasteiger partial charge on any atom is 0.433 e. The summed E-state index contributed by atoms with van der Waals surface area (Å²) in [5.74, 6) is -1.33. The fourth-order valence-electron chi connectivity index (χ4n) is 3.31. The van der Waals surface area contributed by atoms with E-state index in [1.54, 1.807) is 30.1 Å². The summed E-state index contributed by atoms with van der Waals surface area (Å²) in [5, 5.41) is 9.33. The minimum Gasteiger partial charge on any atom is -0.481 e. The van der Waals surface area contributed by atoms with Gasteiger partial charge in [-0.3, -0.25) is 9.78 Å². The van der Waals surface area contributed by atoms with Crippen LogP contribution in [0.15, 0.2) is 54.1 Å². The summed E-state index contributed by atoms with van der Waals surface area (Å²) in [4.78, 5) is 23.3. The van der Waals surface area contributed by atoms with Gasteiger partial charge in [0.1, 0.15) is 17.0 Å². The van der Waals surface area contributed by atoms with Gasteiger partial charge in [0.05, 0.1) is 18.1 Å². The number of aromatic nitrogens is 4. The molecule has 0 aliphatic carbocycles. The molecule has 0 aliphatic heterocycles. The van der Waals surface area contributed by atoms with Gasteiger partial charge < -0.3 is 9.67 Å². The number of benzene rings is 1. The number of aryl methyl sites for hydroxylation is 1. The van der Waals surface area contributed by atoms with E-state index in [9.17, 15) is 22.4 Å². The molecule has 3 aromatic heterocycles. The van der Waals surface area contributed by atoms with Crippen LogP contribution >= 0.6 is 11.8 Å². The molecule has 0 amide bonds. The highest BCUT2D eigenvalue weighted by atomic mass is 32.2. The molecule has 170 valence electrons. The first-order chi connectivity index (χ1) is 15.6. The van der Waals surface area contributed by atoms with E-state index in [4.69, 9.17) is 5.11 Å². The molecule has 0 aliphatic rings. The normalized spacial score (nSPS) is 11.8. The second kappa shape index (κ2) is 8.81. The molecular weight excluding hydrogens is 460 g/mol. The van der Waals surface area contributed by atoms with Crippen LogP contribution in [0.1, 0.15) is 16.8 Å². The molecule has 0 saturated heterocycles. The maximum atomic E-state index is 13.8. The third-order valence-electron chi connectivity index (χ3n) is 4.89. The van der Waals surface area contributed by atoms with Crippen molar-refractivity contribution in [3.63, 3.8) is 0 Å². The lowest BCUT2D eigenvalue weighted by Gasteiger charge is -2.07. The number of hydrogen-bond acceptors (Lipinski definition) is 5. The van der Waals surface area contributed by atoms with Crippen LogP contribution in [0.4, 0.5) is 17.6 Å². The van der Waals surface area contributed by atoms with Crippen molar-refractivity contribution in [2.75, 3.05) is 0 Å². The van der Waals surface area contributed by atoms with E-state index in [1.807, 2.05) is 0 Å². The molecule has 4 aromatic rings. The van der Waals surface area contributed by atoms with Gasteiger partial charge in [0.15, 0.2) is 5.16 Å².